The summed E-state index contributed by atoms with van der Waals surface area (Å²) in [5.74, 6) is 0.426. The summed E-state index contributed by atoms with van der Waals surface area (Å²) >= 11 is 0. The summed E-state index contributed by atoms with van der Waals surface area (Å²) in [5.41, 5.74) is 10.2. The molecule has 3 amide bonds. The van der Waals surface area contributed by atoms with Gasteiger partial charge in [-0.2, -0.15) is 0 Å². The monoisotopic (exact) mass is 844 g/mol. The third-order valence-electron chi connectivity index (χ3n) is 13.4. The van der Waals surface area contributed by atoms with Gasteiger partial charge in [0.2, 0.25) is 17.7 Å². The molecule has 5 saturated heterocycles. The number of nitrogens with one attached hydrogen (secondary N) is 3. The van der Waals surface area contributed by atoms with Gasteiger partial charge in [-0.15, -0.1) is 0 Å². The fraction of sp³-hybridized carbons (Fsp3) is 0.468. The van der Waals surface area contributed by atoms with Crippen LogP contribution < -0.4 is 30.5 Å². The highest BCUT2D eigenvalue weighted by molar-refractivity contribution is 6.12. The van der Waals surface area contributed by atoms with Gasteiger partial charge in [-0.05, 0) is 81.7 Å². The number of carbonyl (C=O) groups is 3. The van der Waals surface area contributed by atoms with E-state index in [4.69, 9.17) is 21.3 Å². The molecule has 5 aliphatic heterocycles. The third-order valence-corrected chi connectivity index (χ3v) is 13.4. The average Bonchev–Trinajstić information content (AvgIpc) is 3.51. The molecular weight excluding hydrogens is 785 g/mol. The Morgan fingerprint density at radius 3 is 2.18 bits per heavy atom. The minimum atomic E-state index is -0.391. The van der Waals surface area contributed by atoms with Gasteiger partial charge in [0.15, 0.2) is 0 Å². The first-order valence-electron chi connectivity index (χ1n) is 22.0. The smallest absolute Gasteiger partial charge is 0.249 e. The maximum atomic E-state index is 13.7. The van der Waals surface area contributed by atoms with Crippen molar-refractivity contribution in [1.82, 2.24) is 20.0 Å². The van der Waals surface area contributed by atoms with E-state index >= 15 is 0 Å². The number of piperazine rings is 2. The van der Waals surface area contributed by atoms with Crippen LogP contribution in [0.5, 0.6) is 11.5 Å². The number of hydrogen-bond donors (Lipinski definition) is 5. The first-order chi connectivity index (χ1) is 29.8. The van der Waals surface area contributed by atoms with Gasteiger partial charge in [-0.25, -0.2) is 0 Å². The van der Waals surface area contributed by atoms with Crippen LogP contribution >= 0.6 is 0 Å². The Labute approximate surface area is 364 Å². The largest absolute Gasteiger partial charge is 0.507 e. The lowest BCUT2D eigenvalue weighted by Gasteiger charge is -2.46. The summed E-state index contributed by atoms with van der Waals surface area (Å²) in [5, 5.41) is 29.7. The van der Waals surface area contributed by atoms with Gasteiger partial charge < -0.3 is 45.5 Å². The molecule has 0 unspecified atom stereocenters. The van der Waals surface area contributed by atoms with Gasteiger partial charge >= 0.3 is 0 Å². The van der Waals surface area contributed by atoms with Crippen LogP contribution in [0.1, 0.15) is 57.9 Å². The molecule has 62 heavy (non-hydrogen) atoms. The molecular formula is C47H60N10O5. The molecule has 3 aromatic rings. The Kier molecular flexibility index (Phi) is 12.4. The number of likely N-dealkylation sites (N-methyl/N-ethyl adjacent to an activating group) is 1. The Morgan fingerprint density at radius 2 is 1.52 bits per heavy atom. The molecule has 5 fully saturated rings. The second-order valence-corrected chi connectivity index (χ2v) is 17.7. The van der Waals surface area contributed by atoms with Gasteiger partial charge in [0.05, 0.1) is 18.0 Å². The molecule has 5 aliphatic rings. The molecule has 0 radical (unpaired) electrons. The van der Waals surface area contributed by atoms with Crippen molar-refractivity contribution in [2.24, 2.45) is 5.73 Å². The number of rotatable bonds is 12. The van der Waals surface area contributed by atoms with Crippen molar-refractivity contribution >= 4 is 46.3 Å². The van der Waals surface area contributed by atoms with Crippen molar-refractivity contribution in [1.29, 1.82) is 10.8 Å². The van der Waals surface area contributed by atoms with Crippen LogP contribution in [0.4, 0.5) is 17.1 Å². The highest BCUT2D eigenvalue weighted by Crippen LogP contribution is 2.38. The van der Waals surface area contributed by atoms with Crippen LogP contribution in [0, 0.1) is 10.8 Å². The van der Waals surface area contributed by atoms with Crippen LogP contribution in [0.25, 0.3) is 0 Å². The van der Waals surface area contributed by atoms with Gasteiger partial charge in [-0.1, -0.05) is 24.3 Å². The normalized spacial score (nSPS) is 24.8. The lowest BCUT2D eigenvalue weighted by Crippen LogP contribution is -2.59. The number of carbonyl (C=O) groups excluding carboxylic acids is 3. The van der Waals surface area contributed by atoms with Crippen molar-refractivity contribution in [2.75, 3.05) is 67.6 Å². The molecule has 5 heterocycles. The number of para-hydroxylation sites is 1. The fourth-order valence-electron chi connectivity index (χ4n) is 10.4. The van der Waals surface area contributed by atoms with E-state index < -0.39 is 6.04 Å². The average molecular weight is 845 g/mol. The number of phenols is 1. The summed E-state index contributed by atoms with van der Waals surface area (Å²) in [6.07, 6.45) is 5.98. The topological polar surface area (TPSA) is 186 Å². The van der Waals surface area contributed by atoms with Crippen molar-refractivity contribution in [3.8, 4) is 11.5 Å². The molecule has 0 aliphatic carbocycles. The Hall–Kier alpha value is -6.09. The number of ether oxygens (including phenoxy) is 1. The van der Waals surface area contributed by atoms with E-state index in [-0.39, 0.29) is 65.3 Å². The van der Waals surface area contributed by atoms with Gasteiger partial charge in [0.25, 0.3) is 0 Å². The number of amides is 3. The maximum Gasteiger partial charge on any atom is 0.249 e. The molecule has 2 bridgehead atoms. The third kappa shape index (κ3) is 9.08. The summed E-state index contributed by atoms with van der Waals surface area (Å²) in [6, 6.07) is 23.6. The number of amidine groups is 1. The van der Waals surface area contributed by atoms with E-state index in [1.807, 2.05) is 41.1 Å². The van der Waals surface area contributed by atoms with E-state index in [9.17, 15) is 19.5 Å². The highest BCUT2D eigenvalue weighted by atomic mass is 16.5. The number of imide groups is 1. The number of benzene rings is 3. The summed E-state index contributed by atoms with van der Waals surface area (Å²) < 4.78 is 6.57. The predicted molar refractivity (Wildman–Crippen MR) is 241 cm³/mol. The van der Waals surface area contributed by atoms with Crippen molar-refractivity contribution in [2.45, 2.75) is 88.7 Å². The molecule has 6 N–H and O–H groups in total. The lowest BCUT2D eigenvalue weighted by atomic mass is 10.0. The first-order valence-corrected chi connectivity index (χ1v) is 22.0. The molecule has 8 rings (SSSR count). The number of nitrogens with zero attached hydrogens (tertiary/aromatic N) is 6. The van der Waals surface area contributed by atoms with Crippen LogP contribution in [-0.2, 0) is 14.4 Å². The molecule has 0 saturated carbocycles. The van der Waals surface area contributed by atoms with E-state index in [0.717, 1.165) is 61.6 Å². The SMILES string of the molecule is C[C@@H]1CN(CC(=O)N2CCC(Oc3cccc(N4[C@@H]5CC[C@H]4CN(/C(=C/C(=N)c4ccccc4O)C(=N)N)C5)c3)CC2)C[C@H](C)N1c1cccc(N(C)[C@H]2CCC(=O)NC2=O)c1. The number of anilines is 3. The number of fused-ring (bicyclic) bond motifs is 2. The van der Waals surface area contributed by atoms with E-state index in [2.05, 4.69) is 63.0 Å². The number of piperidine rings is 2. The zero-order valence-electron chi connectivity index (χ0n) is 36.0. The van der Waals surface area contributed by atoms with Gasteiger partial charge in [0, 0.05) is 118 Å². The molecule has 0 spiro atoms. The molecule has 5 atom stereocenters. The van der Waals surface area contributed by atoms with Crippen molar-refractivity contribution in [3.63, 3.8) is 0 Å². The summed E-state index contributed by atoms with van der Waals surface area (Å²) in [7, 11) is 1.90. The summed E-state index contributed by atoms with van der Waals surface area (Å²) in [4.78, 5) is 51.1. The number of aromatic hydroxyl groups is 1. The Morgan fingerprint density at radius 1 is 0.855 bits per heavy atom. The lowest BCUT2D eigenvalue weighted by molar-refractivity contribution is -0.135. The molecule has 328 valence electrons. The predicted octanol–water partition coefficient (Wildman–Crippen LogP) is 4.14. The van der Waals surface area contributed by atoms with Crippen molar-refractivity contribution in [3.05, 3.63) is 90.1 Å². The zero-order chi connectivity index (χ0) is 43.7. The first kappa shape index (κ1) is 42.6. The molecule has 15 heteroatoms. The van der Waals surface area contributed by atoms with Crippen LogP contribution in [-0.4, -0.2) is 138 Å². The zero-order valence-corrected chi connectivity index (χ0v) is 36.0. The minimum absolute atomic E-state index is 0.0129. The Balaban J connectivity index is 0.819. The van der Waals surface area contributed by atoms with E-state index in [1.165, 1.54) is 0 Å². The molecule has 15 nitrogen and oxygen atoms in total. The van der Waals surface area contributed by atoms with Crippen molar-refractivity contribution < 1.29 is 24.2 Å². The second kappa shape index (κ2) is 18.1. The van der Waals surface area contributed by atoms with Crippen LogP contribution in [0.3, 0.4) is 0 Å². The maximum absolute atomic E-state index is 13.7. The fourth-order valence-corrected chi connectivity index (χ4v) is 10.4. The van der Waals surface area contributed by atoms with E-state index in [0.29, 0.717) is 56.8 Å². The number of nitrogens with two attached hydrogens (primary N) is 1. The number of phenolic OH excluding ortho intramolecular Hbond substituents is 1. The van der Waals surface area contributed by atoms with Crippen LogP contribution in [0.2, 0.25) is 0 Å². The molecule has 0 aromatic heterocycles. The van der Waals surface area contributed by atoms with E-state index in [1.54, 1.807) is 30.3 Å². The van der Waals surface area contributed by atoms with Crippen LogP contribution in [0.15, 0.2) is 84.6 Å². The van der Waals surface area contributed by atoms with Gasteiger partial charge in [0.1, 0.15) is 29.5 Å². The summed E-state index contributed by atoms with van der Waals surface area (Å²) in [6.45, 7) is 8.94. The number of allylic oxidation sites excluding steroid dienone is 1. The second-order valence-electron chi connectivity index (χ2n) is 17.7. The quantitative estimate of drug-likeness (QED) is 0.100. The Bertz CT molecular complexity index is 2200. The minimum Gasteiger partial charge on any atom is -0.507 e. The van der Waals surface area contributed by atoms with Gasteiger partial charge in [-0.3, -0.25) is 30.0 Å². The number of hydrogen-bond acceptors (Lipinski definition) is 12. The molecule has 3 aromatic carbocycles. The number of likely N-dealkylation sites (tertiary alicyclic amines) is 2. The highest BCUT2D eigenvalue weighted by Gasteiger charge is 2.41. The standard InChI is InChI=1S/C47H60N10O5/c1-30-25-53(26-31(2)56(30)33-9-6-8-32(22-33)52(3)41-16-17-44(59)51-47(41)61)29-45(60)54-20-18-37(19-21-54)62-38-11-7-10-34(23-38)57-35-14-15-36(57)28-55(27-35)42(46(49)50)24-40(48)39-12-4-5-13-43(39)58/h4-13,22-24,30-31,35-37,41,48,58H,14-21,25-29H2,1-3H3,(H3,49,50)(H,51,59,61)/b42-24+,48-40?/t30-,31+,35-,36+,41-/m0/s1.